The van der Waals surface area contributed by atoms with Gasteiger partial charge in [-0.15, -0.1) is 0 Å². The first-order valence-corrected chi connectivity index (χ1v) is 9.96. The van der Waals surface area contributed by atoms with Crippen LogP contribution in [0.15, 0.2) is 46.1 Å². The Morgan fingerprint density at radius 3 is 2.53 bits per heavy atom. The number of H-pyrrole nitrogens is 1. The van der Waals surface area contributed by atoms with Gasteiger partial charge >= 0.3 is 5.69 Å². The van der Waals surface area contributed by atoms with E-state index in [1.165, 1.54) is 10.8 Å². The molecule has 4 atom stereocenters. The van der Waals surface area contributed by atoms with Gasteiger partial charge in [0.25, 0.3) is 5.56 Å². The van der Waals surface area contributed by atoms with Crippen LogP contribution < -0.4 is 11.2 Å². The maximum Gasteiger partial charge on any atom is 0.330 e. The average Bonchev–Trinajstić information content (AvgIpc) is 3.17. The number of ether oxygens (including phenoxy) is 3. The molecule has 9 nitrogen and oxygen atoms in total. The SMILES string of the molecule is CN(Cc1ccccc1)Cc1cn([C@@H]2O[C@H](CO)[C@H]3OC(C)(C)O[C@H]32)c(=O)[nH]c1=O. The molecule has 1 aromatic carbocycles. The number of aromatic amines is 1. The summed E-state index contributed by atoms with van der Waals surface area (Å²) in [5.74, 6) is -0.852. The van der Waals surface area contributed by atoms with Gasteiger partial charge in [-0.25, -0.2) is 4.79 Å². The van der Waals surface area contributed by atoms with Crippen LogP contribution in [-0.4, -0.2) is 57.3 Å². The lowest BCUT2D eigenvalue weighted by Gasteiger charge is -2.25. The molecule has 2 saturated heterocycles. The van der Waals surface area contributed by atoms with Crippen LogP contribution >= 0.6 is 0 Å². The second kappa shape index (κ2) is 8.09. The summed E-state index contributed by atoms with van der Waals surface area (Å²) in [6.45, 7) is 4.29. The Morgan fingerprint density at radius 2 is 1.83 bits per heavy atom. The molecule has 0 spiro atoms. The molecule has 1 aromatic heterocycles. The monoisotopic (exact) mass is 417 g/mol. The third kappa shape index (κ3) is 4.12. The van der Waals surface area contributed by atoms with E-state index in [1.54, 1.807) is 13.8 Å². The molecular formula is C21H27N3O6. The van der Waals surface area contributed by atoms with E-state index < -0.39 is 41.6 Å². The molecule has 2 N–H and O–H groups in total. The molecule has 2 aliphatic rings. The van der Waals surface area contributed by atoms with Crippen molar-refractivity contribution in [3.8, 4) is 0 Å². The summed E-state index contributed by atoms with van der Waals surface area (Å²) in [6, 6.07) is 9.92. The molecule has 4 rings (SSSR count). The minimum absolute atomic E-state index is 0.262. The fourth-order valence-electron chi connectivity index (χ4n) is 4.10. The van der Waals surface area contributed by atoms with E-state index in [1.807, 2.05) is 42.3 Å². The number of aliphatic hydroxyl groups is 1. The molecule has 162 valence electrons. The number of nitrogens with zero attached hydrogens (tertiary/aromatic N) is 2. The molecule has 9 heteroatoms. The molecule has 0 amide bonds. The lowest BCUT2D eigenvalue weighted by molar-refractivity contribution is -0.200. The van der Waals surface area contributed by atoms with Gasteiger partial charge in [-0.2, -0.15) is 0 Å². The minimum Gasteiger partial charge on any atom is -0.394 e. The quantitative estimate of drug-likeness (QED) is 0.708. The van der Waals surface area contributed by atoms with Gasteiger partial charge in [-0.1, -0.05) is 30.3 Å². The first kappa shape index (κ1) is 21.0. The summed E-state index contributed by atoms with van der Waals surface area (Å²) in [6.07, 6.45) is -0.992. The van der Waals surface area contributed by atoms with Crippen molar-refractivity contribution in [2.45, 2.75) is 57.3 Å². The van der Waals surface area contributed by atoms with Gasteiger partial charge in [-0.05, 0) is 26.5 Å². The van der Waals surface area contributed by atoms with Crippen molar-refractivity contribution in [2.75, 3.05) is 13.7 Å². The molecule has 0 aliphatic carbocycles. The van der Waals surface area contributed by atoms with Crippen molar-refractivity contribution < 1.29 is 19.3 Å². The minimum atomic E-state index is -0.852. The molecular weight excluding hydrogens is 390 g/mol. The van der Waals surface area contributed by atoms with E-state index in [2.05, 4.69) is 4.98 Å². The Labute approximate surface area is 173 Å². The highest BCUT2D eigenvalue weighted by Crippen LogP contribution is 2.42. The highest BCUT2D eigenvalue weighted by atomic mass is 16.8. The Hall–Kier alpha value is -2.30. The zero-order chi connectivity index (χ0) is 21.5. The van der Waals surface area contributed by atoms with Gasteiger partial charge in [0.05, 0.1) is 6.61 Å². The highest BCUT2D eigenvalue weighted by molar-refractivity contribution is 5.15. The smallest absolute Gasteiger partial charge is 0.330 e. The first-order chi connectivity index (χ1) is 14.3. The second-order valence-corrected chi connectivity index (χ2v) is 8.29. The van der Waals surface area contributed by atoms with Crippen LogP contribution in [-0.2, 0) is 27.3 Å². The third-order valence-electron chi connectivity index (χ3n) is 5.36. The van der Waals surface area contributed by atoms with Gasteiger partial charge in [-0.3, -0.25) is 19.2 Å². The van der Waals surface area contributed by atoms with Crippen LogP contribution in [0.4, 0.5) is 0 Å². The molecule has 0 unspecified atom stereocenters. The molecule has 2 fully saturated rings. The largest absolute Gasteiger partial charge is 0.394 e. The van der Waals surface area contributed by atoms with Crippen molar-refractivity contribution in [3.05, 3.63) is 68.5 Å². The van der Waals surface area contributed by atoms with E-state index in [4.69, 9.17) is 14.2 Å². The predicted octanol–water partition coefficient (Wildman–Crippen LogP) is 0.578. The van der Waals surface area contributed by atoms with Crippen molar-refractivity contribution in [1.29, 1.82) is 0 Å². The van der Waals surface area contributed by atoms with Crippen LogP contribution in [0.25, 0.3) is 0 Å². The summed E-state index contributed by atoms with van der Waals surface area (Å²) in [5.41, 5.74) is 0.522. The molecule has 30 heavy (non-hydrogen) atoms. The number of aromatic nitrogens is 2. The Balaban J connectivity index is 1.59. The van der Waals surface area contributed by atoms with Crippen LogP contribution in [0.5, 0.6) is 0 Å². The number of aliphatic hydroxyl groups excluding tert-OH is 1. The van der Waals surface area contributed by atoms with Crippen LogP contribution in [0.2, 0.25) is 0 Å². The number of benzene rings is 1. The Kier molecular flexibility index (Phi) is 5.65. The van der Waals surface area contributed by atoms with E-state index in [0.29, 0.717) is 18.7 Å². The van der Waals surface area contributed by atoms with Crippen molar-refractivity contribution in [2.24, 2.45) is 0 Å². The van der Waals surface area contributed by atoms with Crippen LogP contribution in [0, 0.1) is 0 Å². The fourth-order valence-corrected chi connectivity index (χ4v) is 4.10. The lowest BCUT2D eigenvalue weighted by atomic mass is 10.1. The molecule has 2 aliphatic heterocycles. The predicted molar refractivity (Wildman–Crippen MR) is 108 cm³/mol. The van der Waals surface area contributed by atoms with Gasteiger partial charge in [0, 0.05) is 24.8 Å². The average molecular weight is 417 g/mol. The number of nitrogens with one attached hydrogen (secondary N) is 1. The standard InChI is InChI=1S/C21H27N3O6/c1-21(2)29-16-15(12-25)28-19(17(16)30-21)24-11-14(18(26)22-20(24)27)10-23(3)9-13-7-5-4-6-8-13/h4-8,11,15-17,19,25H,9-10,12H2,1-3H3,(H,22,26,27)/t15-,16-,17-,19-/m1/s1. The van der Waals surface area contributed by atoms with E-state index >= 15 is 0 Å². The Bertz CT molecular complexity index is 1000. The number of hydrogen-bond acceptors (Lipinski definition) is 7. The van der Waals surface area contributed by atoms with E-state index in [-0.39, 0.29) is 6.61 Å². The van der Waals surface area contributed by atoms with Crippen molar-refractivity contribution >= 4 is 0 Å². The molecule has 2 aromatic rings. The third-order valence-corrected chi connectivity index (χ3v) is 5.36. The summed E-state index contributed by atoms with van der Waals surface area (Å²) in [4.78, 5) is 29.3. The zero-order valence-electron chi connectivity index (χ0n) is 17.3. The lowest BCUT2D eigenvalue weighted by Crippen LogP contribution is -2.39. The normalized spacial score (nSPS) is 27.5. The Morgan fingerprint density at radius 1 is 1.13 bits per heavy atom. The van der Waals surface area contributed by atoms with Crippen LogP contribution in [0.1, 0.15) is 31.2 Å². The van der Waals surface area contributed by atoms with Gasteiger partial charge in [0.15, 0.2) is 12.0 Å². The summed E-state index contributed by atoms with van der Waals surface area (Å²) in [5, 5.41) is 9.66. The van der Waals surface area contributed by atoms with Gasteiger partial charge in [0.1, 0.15) is 18.3 Å². The maximum absolute atomic E-state index is 12.6. The summed E-state index contributed by atoms with van der Waals surface area (Å²) in [7, 11) is 1.90. The van der Waals surface area contributed by atoms with Crippen LogP contribution in [0.3, 0.4) is 0 Å². The van der Waals surface area contributed by atoms with Crippen molar-refractivity contribution in [1.82, 2.24) is 14.5 Å². The van der Waals surface area contributed by atoms with Gasteiger partial charge < -0.3 is 19.3 Å². The first-order valence-electron chi connectivity index (χ1n) is 9.96. The van der Waals surface area contributed by atoms with E-state index in [9.17, 15) is 14.7 Å². The number of rotatable bonds is 6. The molecule has 0 saturated carbocycles. The number of fused-ring (bicyclic) bond motifs is 1. The summed E-state index contributed by atoms with van der Waals surface area (Å²) < 4.78 is 19.0. The fraction of sp³-hybridized carbons (Fsp3) is 0.524. The topological polar surface area (TPSA) is 106 Å². The molecule has 0 bridgehead atoms. The maximum atomic E-state index is 12.6. The zero-order valence-corrected chi connectivity index (χ0v) is 17.3. The van der Waals surface area contributed by atoms with E-state index in [0.717, 1.165) is 5.56 Å². The van der Waals surface area contributed by atoms with Crippen molar-refractivity contribution in [3.63, 3.8) is 0 Å². The summed E-state index contributed by atoms with van der Waals surface area (Å²) >= 11 is 0. The van der Waals surface area contributed by atoms with Gasteiger partial charge in [0.2, 0.25) is 0 Å². The highest BCUT2D eigenvalue weighted by Gasteiger charge is 2.55. The number of hydrogen-bond donors (Lipinski definition) is 2. The molecule has 0 radical (unpaired) electrons. The molecule has 3 heterocycles. The second-order valence-electron chi connectivity index (χ2n) is 8.29.